The maximum atomic E-state index is 15.1. The lowest BCUT2D eigenvalue weighted by Crippen LogP contribution is -2.33. The van der Waals surface area contributed by atoms with Gasteiger partial charge in [0.2, 0.25) is 0 Å². The number of rotatable bonds is 5. The Kier molecular flexibility index (Phi) is 6.29. The Labute approximate surface area is 203 Å². The van der Waals surface area contributed by atoms with Gasteiger partial charge in [0.25, 0.3) is 0 Å². The van der Waals surface area contributed by atoms with Crippen molar-refractivity contribution in [3.8, 4) is 17.0 Å². The van der Waals surface area contributed by atoms with Crippen LogP contribution in [0, 0.1) is 5.82 Å². The number of hydrogen-bond acceptors (Lipinski definition) is 7. The smallest absolute Gasteiger partial charge is 0.177 e. The number of fused-ring (bicyclic) bond motifs is 1. The third-order valence-corrected chi connectivity index (χ3v) is 6.95. The van der Waals surface area contributed by atoms with Gasteiger partial charge in [0.15, 0.2) is 6.23 Å². The van der Waals surface area contributed by atoms with Crippen molar-refractivity contribution in [2.45, 2.75) is 6.23 Å². The largest absolute Gasteiger partial charge is 0.471 e. The van der Waals surface area contributed by atoms with E-state index in [0.717, 1.165) is 30.1 Å². The first-order valence-electron chi connectivity index (χ1n) is 10.2. The van der Waals surface area contributed by atoms with E-state index in [0.29, 0.717) is 43.8 Å². The van der Waals surface area contributed by atoms with Crippen LogP contribution in [0.1, 0.15) is 11.8 Å². The summed E-state index contributed by atoms with van der Waals surface area (Å²) >= 11 is 14.3. The summed E-state index contributed by atoms with van der Waals surface area (Å²) < 4.78 is 21.0. The minimum absolute atomic E-state index is 0.304. The number of H-pyrrole nitrogens is 1. The maximum absolute atomic E-state index is 15.1. The molecule has 0 spiro atoms. The molecule has 3 aromatic heterocycles. The van der Waals surface area contributed by atoms with Crippen molar-refractivity contribution in [1.29, 1.82) is 0 Å². The predicted molar refractivity (Wildman–Crippen MR) is 131 cm³/mol. The van der Waals surface area contributed by atoms with Crippen LogP contribution in [0.25, 0.3) is 22.2 Å². The molecule has 0 amide bonds. The van der Waals surface area contributed by atoms with Crippen molar-refractivity contribution in [3.05, 3.63) is 64.3 Å². The van der Waals surface area contributed by atoms with Gasteiger partial charge < -0.3 is 9.64 Å². The Hall–Kier alpha value is -2.59. The first kappa shape index (κ1) is 22.2. The summed E-state index contributed by atoms with van der Waals surface area (Å²) in [7, 11) is 0. The van der Waals surface area contributed by atoms with Crippen LogP contribution in [0.3, 0.4) is 0 Å². The predicted octanol–water partition coefficient (Wildman–Crippen LogP) is 5.06. The molecule has 1 aromatic carbocycles. The van der Waals surface area contributed by atoms with Crippen molar-refractivity contribution in [3.63, 3.8) is 0 Å². The number of ether oxygens (including phenoxy) is 1. The van der Waals surface area contributed by atoms with Crippen LogP contribution in [0.2, 0.25) is 10.0 Å². The molecule has 3 N–H and O–H groups in total. The first-order valence-corrected chi connectivity index (χ1v) is 12.1. The lowest BCUT2D eigenvalue weighted by molar-refractivity contribution is 0.214. The molecule has 1 saturated heterocycles. The number of hydrogen-bond donors (Lipinski definition) is 2. The van der Waals surface area contributed by atoms with E-state index in [1.807, 2.05) is 11.8 Å². The Morgan fingerprint density at radius 3 is 2.61 bits per heavy atom. The summed E-state index contributed by atoms with van der Waals surface area (Å²) in [4.78, 5) is 10.5. The molecule has 1 aliphatic heterocycles. The second-order valence-corrected chi connectivity index (χ2v) is 9.50. The summed E-state index contributed by atoms with van der Waals surface area (Å²) in [6.45, 7) is 1.71. The standard InChI is InChI=1S/C22H19Cl2FN6OS/c23-15-10-27-11-16(24)20(15)22(26)32-12-1-2-18-13(7-12)21(30-29-18)14-9-28-19(8-17(14)25)31-3-5-33-6-4-31/h1-2,7-11,22H,3-6,26H2,(H,29,30)/t22-/m0/s1. The zero-order valence-corrected chi connectivity index (χ0v) is 19.6. The second-order valence-electron chi connectivity index (χ2n) is 7.46. The number of aromatic nitrogens is 4. The number of benzene rings is 1. The van der Waals surface area contributed by atoms with E-state index < -0.39 is 6.23 Å². The van der Waals surface area contributed by atoms with Crippen LogP contribution >= 0.6 is 35.0 Å². The maximum Gasteiger partial charge on any atom is 0.177 e. The molecule has 11 heteroatoms. The molecule has 4 aromatic rings. The molecule has 4 heterocycles. The van der Waals surface area contributed by atoms with Gasteiger partial charge in [-0.2, -0.15) is 16.9 Å². The molecule has 1 atom stereocenters. The van der Waals surface area contributed by atoms with E-state index in [1.54, 1.807) is 18.2 Å². The number of halogens is 3. The molecular weight excluding hydrogens is 486 g/mol. The number of nitrogens with two attached hydrogens (primary N) is 1. The minimum atomic E-state index is -0.916. The zero-order valence-electron chi connectivity index (χ0n) is 17.3. The summed E-state index contributed by atoms with van der Waals surface area (Å²) in [5.74, 6) is 2.73. The average Bonchev–Trinajstić information content (AvgIpc) is 3.22. The second kappa shape index (κ2) is 9.34. The van der Waals surface area contributed by atoms with Crippen molar-refractivity contribution < 1.29 is 9.13 Å². The average molecular weight is 505 g/mol. The van der Waals surface area contributed by atoms with Gasteiger partial charge in [0.1, 0.15) is 23.1 Å². The van der Waals surface area contributed by atoms with Crippen LogP contribution < -0.4 is 15.4 Å². The SMILES string of the molecule is N[C@@H](Oc1ccc2[nH]nc(-c3cnc(N4CCSCC4)cc3F)c2c1)c1c(Cl)cncc1Cl. The van der Waals surface area contributed by atoms with Crippen molar-refractivity contribution >= 4 is 51.7 Å². The van der Waals surface area contributed by atoms with E-state index >= 15 is 4.39 Å². The lowest BCUT2D eigenvalue weighted by Gasteiger charge is -2.27. The van der Waals surface area contributed by atoms with E-state index in [9.17, 15) is 0 Å². The van der Waals surface area contributed by atoms with Gasteiger partial charge in [0.05, 0.1) is 21.1 Å². The fraction of sp³-hybridized carbons (Fsp3) is 0.227. The van der Waals surface area contributed by atoms with Crippen LogP contribution in [-0.2, 0) is 0 Å². The van der Waals surface area contributed by atoms with Crippen molar-refractivity contribution in [2.24, 2.45) is 5.73 Å². The lowest BCUT2D eigenvalue weighted by atomic mass is 10.1. The Bertz CT molecular complexity index is 1290. The molecule has 0 saturated carbocycles. The number of aromatic amines is 1. The van der Waals surface area contributed by atoms with Crippen molar-refractivity contribution in [2.75, 3.05) is 29.5 Å². The molecule has 170 valence electrons. The summed E-state index contributed by atoms with van der Waals surface area (Å²) in [6.07, 6.45) is 3.51. The van der Waals surface area contributed by atoms with Gasteiger partial charge in [-0.15, -0.1) is 0 Å². The quantitative estimate of drug-likeness (QED) is 0.367. The highest BCUT2D eigenvalue weighted by Gasteiger charge is 2.20. The van der Waals surface area contributed by atoms with Gasteiger partial charge in [-0.25, -0.2) is 9.37 Å². The molecule has 1 aliphatic rings. The molecule has 0 bridgehead atoms. The Morgan fingerprint density at radius 1 is 1.12 bits per heavy atom. The fourth-order valence-electron chi connectivity index (χ4n) is 3.73. The number of thioether (sulfide) groups is 1. The third-order valence-electron chi connectivity index (χ3n) is 5.40. The number of nitrogens with zero attached hydrogens (tertiary/aromatic N) is 4. The molecule has 5 rings (SSSR count). The fourth-order valence-corrected chi connectivity index (χ4v) is 5.21. The number of anilines is 1. The monoisotopic (exact) mass is 504 g/mol. The van der Waals surface area contributed by atoms with E-state index in [4.69, 9.17) is 33.7 Å². The number of nitrogens with one attached hydrogen (secondary N) is 1. The van der Waals surface area contributed by atoms with Gasteiger partial charge in [-0.05, 0) is 18.2 Å². The Balaban J connectivity index is 1.45. The summed E-state index contributed by atoms with van der Waals surface area (Å²) in [6, 6.07) is 6.73. The van der Waals surface area contributed by atoms with Crippen LogP contribution in [0.5, 0.6) is 5.75 Å². The molecule has 33 heavy (non-hydrogen) atoms. The summed E-state index contributed by atoms with van der Waals surface area (Å²) in [5, 5.41) is 8.53. The topological polar surface area (TPSA) is 92.9 Å². The normalized spacial score (nSPS) is 15.1. The molecule has 7 nitrogen and oxygen atoms in total. The highest BCUT2D eigenvalue weighted by molar-refractivity contribution is 7.99. The van der Waals surface area contributed by atoms with Crippen LogP contribution in [0.4, 0.5) is 10.2 Å². The molecule has 1 fully saturated rings. The molecule has 0 unspecified atom stereocenters. The van der Waals surface area contributed by atoms with Crippen molar-refractivity contribution in [1.82, 2.24) is 20.2 Å². The van der Waals surface area contributed by atoms with Crippen LogP contribution in [0.15, 0.2) is 42.9 Å². The van der Waals surface area contributed by atoms with Gasteiger partial charge >= 0.3 is 0 Å². The minimum Gasteiger partial charge on any atom is -0.471 e. The molecular formula is C22H19Cl2FN6OS. The van der Waals surface area contributed by atoms with E-state index in [2.05, 4.69) is 25.1 Å². The third kappa shape index (κ3) is 4.46. The first-order chi connectivity index (χ1) is 16.0. The highest BCUT2D eigenvalue weighted by atomic mass is 35.5. The number of pyridine rings is 2. The van der Waals surface area contributed by atoms with Gasteiger partial charge in [-0.3, -0.25) is 15.8 Å². The van der Waals surface area contributed by atoms with E-state index in [-0.39, 0.29) is 5.82 Å². The van der Waals surface area contributed by atoms with Gasteiger partial charge in [-0.1, -0.05) is 23.2 Å². The Morgan fingerprint density at radius 2 is 1.88 bits per heavy atom. The van der Waals surface area contributed by atoms with Crippen LogP contribution in [-0.4, -0.2) is 44.8 Å². The van der Waals surface area contributed by atoms with Gasteiger partial charge in [0, 0.05) is 60.2 Å². The van der Waals surface area contributed by atoms with E-state index in [1.165, 1.54) is 24.7 Å². The molecule has 0 radical (unpaired) electrons. The zero-order chi connectivity index (χ0) is 22.9. The highest BCUT2D eigenvalue weighted by Crippen LogP contribution is 2.34. The molecule has 0 aliphatic carbocycles. The summed E-state index contributed by atoms with van der Waals surface area (Å²) in [5.41, 5.74) is 8.09.